The molecule has 0 amide bonds. The minimum absolute atomic E-state index is 0.0586. The Labute approximate surface area is 170 Å². The number of nitrogens with one attached hydrogen (secondary N) is 1. The smallest absolute Gasteiger partial charge is 0.303 e. The van der Waals surface area contributed by atoms with Crippen LogP contribution >= 0.6 is 0 Å². The Morgan fingerprint density at radius 1 is 1.24 bits per heavy atom. The van der Waals surface area contributed by atoms with Crippen LogP contribution in [-0.4, -0.2) is 52.8 Å². The SMILES string of the molecule is COc1ccc(NS(=O)(=O)c2ccccc2)c2c1C[C@@H](N(C)COC(C)=O)CO2. The van der Waals surface area contributed by atoms with Crippen molar-refractivity contribution in [3.63, 3.8) is 0 Å². The molecular formula is C20H24N2O6S. The molecule has 1 atom stereocenters. The molecule has 3 rings (SSSR count). The van der Waals surface area contributed by atoms with Crippen LogP contribution in [0, 0.1) is 0 Å². The second-order valence-electron chi connectivity index (χ2n) is 6.73. The van der Waals surface area contributed by atoms with Gasteiger partial charge in [-0.05, 0) is 37.7 Å². The van der Waals surface area contributed by atoms with Crippen LogP contribution in [0.4, 0.5) is 5.69 Å². The van der Waals surface area contributed by atoms with Crippen molar-refractivity contribution in [2.24, 2.45) is 0 Å². The molecule has 1 aliphatic heterocycles. The molecule has 0 fully saturated rings. The maximum atomic E-state index is 12.7. The third kappa shape index (κ3) is 4.80. The minimum Gasteiger partial charge on any atom is -0.496 e. The van der Waals surface area contributed by atoms with E-state index in [1.165, 1.54) is 19.1 Å². The van der Waals surface area contributed by atoms with Gasteiger partial charge in [-0.1, -0.05) is 18.2 Å². The van der Waals surface area contributed by atoms with Crippen LogP contribution in [0.25, 0.3) is 0 Å². The first-order valence-corrected chi connectivity index (χ1v) is 10.5. The lowest BCUT2D eigenvalue weighted by molar-refractivity contribution is -0.146. The van der Waals surface area contributed by atoms with E-state index in [0.717, 1.165) is 5.56 Å². The van der Waals surface area contributed by atoms with Gasteiger partial charge in [-0.15, -0.1) is 0 Å². The molecular weight excluding hydrogens is 396 g/mol. The number of carbonyl (C=O) groups is 1. The first kappa shape index (κ1) is 20.9. The number of rotatable bonds is 7. The molecule has 156 valence electrons. The molecule has 2 aromatic rings. The van der Waals surface area contributed by atoms with Crippen molar-refractivity contribution in [3.05, 3.63) is 48.0 Å². The van der Waals surface area contributed by atoms with E-state index in [-0.39, 0.29) is 23.6 Å². The van der Waals surface area contributed by atoms with Gasteiger partial charge in [0.15, 0.2) is 0 Å². The number of likely N-dealkylation sites (N-methyl/N-ethyl adjacent to an activating group) is 1. The quantitative estimate of drug-likeness (QED) is 0.542. The maximum absolute atomic E-state index is 12.7. The maximum Gasteiger partial charge on any atom is 0.303 e. The fourth-order valence-corrected chi connectivity index (χ4v) is 4.18. The van der Waals surface area contributed by atoms with Gasteiger partial charge >= 0.3 is 5.97 Å². The number of benzene rings is 2. The van der Waals surface area contributed by atoms with Gasteiger partial charge in [0.1, 0.15) is 24.8 Å². The zero-order chi connectivity index (χ0) is 21.0. The number of methoxy groups -OCH3 is 1. The third-order valence-electron chi connectivity index (χ3n) is 4.69. The number of anilines is 1. The zero-order valence-corrected chi connectivity index (χ0v) is 17.4. The van der Waals surface area contributed by atoms with Crippen molar-refractivity contribution >= 4 is 21.7 Å². The first-order valence-electron chi connectivity index (χ1n) is 9.06. The van der Waals surface area contributed by atoms with Gasteiger partial charge in [0, 0.05) is 12.5 Å². The van der Waals surface area contributed by atoms with Crippen molar-refractivity contribution in [2.75, 3.05) is 32.2 Å². The highest BCUT2D eigenvalue weighted by Gasteiger charge is 2.29. The van der Waals surface area contributed by atoms with E-state index >= 15 is 0 Å². The normalized spacial score (nSPS) is 15.9. The molecule has 0 radical (unpaired) electrons. The Morgan fingerprint density at radius 2 is 1.97 bits per heavy atom. The molecule has 0 saturated heterocycles. The second kappa shape index (κ2) is 8.71. The van der Waals surface area contributed by atoms with Crippen LogP contribution in [0.1, 0.15) is 12.5 Å². The molecule has 1 heterocycles. The van der Waals surface area contributed by atoms with E-state index in [4.69, 9.17) is 14.2 Å². The van der Waals surface area contributed by atoms with Crippen LogP contribution in [0.15, 0.2) is 47.4 Å². The molecule has 9 heteroatoms. The number of hydrogen-bond donors (Lipinski definition) is 1. The standard InChI is InChI=1S/C20H24N2O6S/c1-14(23)28-13-22(2)15-11-17-19(26-3)10-9-18(20(17)27-12-15)21-29(24,25)16-7-5-4-6-8-16/h4-10,15,21H,11-13H2,1-3H3/t15-/m1/s1. The Balaban J connectivity index is 1.86. The number of esters is 1. The first-order chi connectivity index (χ1) is 13.8. The third-order valence-corrected chi connectivity index (χ3v) is 6.07. The zero-order valence-electron chi connectivity index (χ0n) is 16.5. The number of hydrogen-bond acceptors (Lipinski definition) is 7. The van der Waals surface area contributed by atoms with Crippen molar-refractivity contribution in [3.8, 4) is 11.5 Å². The summed E-state index contributed by atoms with van der Waals surface area (Å²) in [6.45, 7) is 1.81. The Hall–Kier alpha value is -2.78. The summed E-state index contributed by atoms with van der Waals surface area (Å²) in [4.78, 5) is 13.1. The number of nitrogens with zero attached hydrogens (tertiary/aromatic N) is 1. The molecule has 2 aromatic carbocycles. The molecule has 8 nitrogen and oxygen atoms in total. The topological polar surface area (TPSA) is 94.2 Å². The van der Waals surface area contributed by atoms with E-state index < -0.39 is 10.0 Å². The van der Waals surface area contributed by atoms with E-state index in [9.17, 15) is 13.2 Å². The average Bonchev–Trinajstić information content (AvgIpc) is 2.72. The molecule has 0 aliphatic carbocycles. The van der Waals surface area contributed by atoms with Crippen LogP contribution in [0.2, 0.25) is 0 Å². The lowest BCUT2D eigenvalue weighted by atomic mass is 10.00. The van der Waals surface area contributed by atoms with Gasteiger partial charge in [0.2, 0.25) is 0 Å². The lowest BCUT2D eigenvalue weighted by Gasteiger charge is -2.33. The van der Waals surface area contributed by atoms with Gasteiger partial charge in [-0.25, -0.2) is 8.42 Å². The molecule has 0 saturated carbocycles. The van der Waals surface area contributed by atoms with Gasteiger partial charge in [0.05, 0.1) is 23.7 Å². The highest BCUT2D eigenvalue weighted by molar-refractivity contribution is 7.92. The van der Waals surface area contributed by atoms with Crippen molar-refractivity contribution in [2.45, 2.75) is 24.3 Å². The summed E-state index contributed by atoms with van der Waals surface area (Å²) in [6, 6.07) is 11.4. The Kier molecular flexibility index (Phi) is 6.29. The summed E-state index contributed by atoms with van der Waals surface area (Å²) < 4.78 is 44.5. The van der Waals surface area contributed by atoms with Crippen molar-refractivity contribution in [1.82, 2.24) is 4.90 Å². The highest BCUT2D eigenvalue weighted by Crippen LogP contribution is 2.40. The summed E-state index contributed by atoms with van der Waals surface area (Å²) >= 11 is 0. The van der Waals surface area contributed by atoms with Crippen LogP contribution in [-0.2, 0) is 26.0 Å². The predicted molar refractivity (Wildman–Crippen MR) is 108 cm³/mol. The molecule has 0 unspecified atom stereocenters. The lowest BCUT2D eigenvalue weighted by Crippen LogP contribution is -2.42. The average molecular weight is 420 g/mol. The fraction of sp³-hybridized carbons (Fsp3) is 0.350. The fourth-order valence-electron chi connectivity index (χ4n) is 3.10. The number of ether oxygens (including phenoxy) is 3. The summed E-state index contributed by atoms with van der Waals surface area (Å²) in [6.07, 6.45) is 0.553. The van der Waals surface area contributed by atoms with Gasteiger partial charge in [-0.3, -0.25) is 14.4 Å². The molecule has 29 heavy (non-hydrogen) atoms. The van der Waals surface area contributed by atoms with E-state index in [2.05, 4.69) is 4.72 Å². The number of carbonyl (C=O) groups excluding carboxylic acids is 1. The molecule has 0 spiro atoms. The molecule has 1 N–H and O–H groups in total. The minimum atomic E-state index is -3.75. The molecule has 1 aliphatic rings. The second-order valence-corrected chi connectivity index (χ2v) is 8.41. The van der Waals surface area contributed by atoms with Gasteiger partial charge in [-0.2, -0.15) is 0 Å². The number of fused-ring (bicyclic) bond motifs is 1. The summed E-state index contributed by atoms with van der Waals surface area (Å²) in [7, 11) is -0.372. The molecule has 0 bridgehead atoms. The van der Waals surface area contributed by atoms with Crippen LogP contribution < -0.4 is 14.2 Å². The van der Waals surface area contributed by atoms with Crippen molar-refractivity contribution in [1.29, 1.82) is 0 Å². The molecule has 0 aromatic heterocycles. The monoisotopic (exact) mass is 420 g/mol. The predicted octanol–water partition coefficient (Wildman–Crippen LogP) is 2.25. The summed E-state index contributed by atoms with van der Waals surface area (Å²) in [5.41, 5.74) is 1.11. The Morgan fingerprint density at radius 3 is 2.62 bits per heavy atom. The van der Waals surface area contributed by atoms with Crippen molar-refractivity contribution < 1.29 is 27.4 Å². The van der Waals surface area contributed by atoms with Crippen LogP contribution in [0.5, 0.6) is 11.5 Å². The highest BCUT2D eigenvalue weighted by atomic mass is 32.2. The van der Waals surface area contributed by atoms with E-state index in [1.807, 2.05) is 11.9 Å². The summed E-state index contributed by atoms with van der Waals surface area (Å²) in [5.74, 6) is 0.693. The largest absolute Gasteiger partial charge is 0.496 e. The van der Waals surface area contributed by atoms with Gasteiger partial charge < -0.3 is 14.2 Å². The summed E-state index contributed by atoms with van der Waals surface area (Å²) in [5, 5.41) is 0. The van der Waals surface area contributed by atoms with E-state index in [1.54, 1.807) is 37.4 Å². The van der Waals surface area contributed by atoms with E-state index in [0.29, 0.717) is 30.2 Å². The van der Waals surface area contributed by atoms with Crippen LogP contribution in [0.3, 0.4) is 0 Å². The van der Waals surface area contributed by atoms with Gasteiger partial charge in [0.25, 0.3) is 10.0 Å². The number of sulfonamides is 1. The Bertz CT molecular complexity index is 978.